The fraction of sp³-hybridized carbons (Fsp3) is 0.619. The van der Waals surface area contributed by atoms with Crippen molar-refractivity contribution in [2.75, 3.05) is 18.0 Å². The van der Waals surface area contributed by atoms with Gasteiger partial charge in [-0.1, -0.05) is 0 Å². The molecule has 0 amide bonds. The van der Waals surface area contributed by atoms with Crippen molar-refractivity contribution in [3.8, 4) is 0 Å². The molecule has 2 heterocycles. The van der Waals surface area contributed by atoms with Crippen molar-refractivity contribution >= 4 is 16.6 Å². The van der Waals surface area contributed by atoms with Crippen LogP contribution in [-0.2, 0) is 0 Å². The third-order valence-electron chi connectivity index (χ3n) is 7.19. The van der Waals surface area contributed by atoms with Gasteiger partial charge in [0, 0.05) is 37.0 Å². The minimum Gasteiger partial charge on any atom is -0.386 e. The number of hydrogen-bond acceptors (Lipinski definition) is 4. The Morgan fingerprint density at radius 1 is 1.16 bits per heavy atom. The van der Waals surface area contributed by atoms with Crippen molar-refractivity contribution in [3.05, 3.63) is 37.8 Å². The van der Waals surface area contributed by atoms with Crippen molar-refractivity contribution in [2.45, 2.75) is 57.1 Å². The first-order valence-corrected chi connectivity index (χ1v) is 10.6. The summed E-state index contributed by atoms with van der Waals surface area (Å²) >= 11 is 0. The molecule has 2 aliphatic carbocycles. The van der Waals surface area contributed by atoms with Crippen molar-refractivity contribution in [1.29, 1.82) is 0 Å². The molecule has 0 bridgehead atoms. The Labute approximate surface area is 178 Å². The number of H-pyrrole nitrogens is 1. The highest BCUT2D eigenvalue weighted by atomic mass is 19.3. The van der Waals surface area contributed by atoms with E-state index in [-0.39, 0.29) is 48.2 Å². The number of aliphatic hydroxyl groups excluding tert-OH is 1. The molecule has 174 valence electrons. The molecule has 3 fully saturated rings. The van der Waals surface area contributed by atoms with Gasteiger partial charge in [-0.05, 0) is 32.1 Å². The first-order chi connectivity index (χ1) is 15.0. The normalized spacial score (nSPS) is 27.4. The quantitative estimate of drug-likeness (QED) is 0.691. The maximum atomic E-state index is 15.5. The molecule has 1 saturated heterocycles. The Morgan fingerprint density at radius 2 is 1.84 bits per heavy atom. The number of rotatable bonds is 3. The van der Waals surface area contributed by atoms with Crippen LogP contribution in [0.25, 0.3) is 10.9 Å². The Kier molecular flexibility index (Phi) is 4.71. The number of halogens is 5. The molecular weight excluding hydrogens is 437 g/mol. The van der Waals surface area contributed by atoms with Gasteiger partial charge in [-0.2, -0.15) is 0 Å². The van der Waals surface area contributed by atoms with Crippen molar-refractivity contribution in [1.82, 2.24) is 9.55 Å². The van der Waals surface area contributed by atoms with Crippen LogP contribution in [0, 0.1) is 24.6 Å². The minimum atomic E-state index is -3.33. The van der Waals surface area contributed by atoms with Gasteiger partial charge in [0.2, 0.25) is 0 Å². The molecule has 2 N–H and O–H groups in total. The summed E-state index contributed by atoms with van der Waals surface area (Å²) in [4.78, 5) is 28.4. The Hall–Kier alpha value is -2.43. The average Bonchev–Trinajstić information content (AvgIpc) is 3.44. The number of alkyl halides is 4. The smallest absolute Gasteiger partial charge is 0.329 e. The maximum Gasteiger partial charge on any atom is 0.329 e. The predicted molar refractivity (Wildman–Crippen MR) is 106 cm³/mol. The summed E-state index contributed by atoms with van der Waals surface area (Å²) in [6.45, 7) is 1.42. The van der Waals surface area contributed by atoms with Crippen LogP contribution in [0.15, 0.2) is 9.59 Å². The van der Waals surface area contributed by atoms with Gasteiger partial charge >= 0.3 is 5.69 Å². The summed E-state index contributed by atoms with van der Waals surface area (Å²) < 4.78 is 72.8. The Morgan fingerprint density at radius 3 is 2.47 bits per heavy atom. The second-order valence-corrected chi connectivity index (χ2v) is 9.16. The molecule has 3 aliphatic rings. The van der Waals surface area contributed by atoms with E-state index in [2.05, 4.69) is 0 Å². The third-order valence-corrected chi connectivity index (χ3v) is 7.19. The third kappa shape index (κ3) is 3.00. The van der Waals surface area contributed by atoms with E-state index in [1.54, 1.807) is 0 Å². The molecule has 11 heteroatoms. The van der Waals surface area contributed by atoms with Crippen LogP contribution >= 0.6 is 0 Å². The molecular formula is C21H22F5N3O3. The van der Waals surface area contributed by atoms with E-state index in [1.165, 1.54) is 16.4 Å². The van der Waals surface area contributed by atoms with E-state index in [9.17, 15) is 32.3 Å². The van der Waals surface area contributed by atoms with E-state index in [1.807, 2.05) is 4.98 Å². The largest absolute Gasteiger partial charge is 0.386 e. The lowest BCUT2D eigenvalue weighted by molar-refractivity contribution is -0.161. The summed E-state index contributed by atoms with van der Waals surface area (Å²) in [6.07, 6.45) is -4.38. The number of hydrogen-bond donors (Lipinski definition) is 2. The topological polar surface area (TPSA) is 78.3 Å². The lowest BCUT2D eigenvalue weighted by Crippen LogP contribution is -2.46. The van der Waals surface area contributed by atoms with Gasteiger partial charge in [-0.15, -0.1) is 0 Å². The monoisotopic (exact) mass is 459 g/mol. The number of aromatic nitrogens is 2. The van der Waals surface area contributed by atoms with Crippen molar-refractivity contribution < 1.29 is 27.1 Å². The summed E-state index contributed by atoms with van der Waals surface area (Å²) in [6, 6.07) is -0.286. The summed E-state index contributed by atoms with van der Waals surface area (Å²) in [5, 5.41) is 9.58. The lowest BCUT2D eigenvalue weighted by atomic mass is 9.77. The number of benzene rings is 1. The van der Waals surface area contributed by atoms with E-state index in [4.69, 9.17) is 0 Å². The fourth-order valence-electron chi connectivity index (χ4n) is 5.52. The number of aryl methyl sites for hydroxylation is 1. The molecule has 2 saturated carbocycles. The standard InChI is InChI=1S/C21H22F5N3O3/c1-8-15-13(19(31)27-20(32)29(15)10-2-3-10)12(18(23)24)14(22)16(8)28-6-9-4-5-21(25,26)17(30)11(9)7-28/h9-11,17-18,30H,2-7H2,1H3,(H,27,31,32). The molecule has 1 aliphatic heterocycles. The second-order valence-electron chi connectivity index (χ2n) is 9.16. The van der Waals surface area contributed by atoms with Gasteiger partial charge in [0.25, 0.3) is 17.9 Å². The molecule has 3 unspecified atom stereocenters. The summed E-state index contributed by atoms with van der Waals surface area (Å²) in [5.74, 6) is -5.74. The van der Waals surface area contributed by atoms with Gasteiger partial charge < -0.3 is 10.0 Å². The second kappa shape index (κ2) is 7.03. The lowest BCUT2D eigenvalue weighted by Gasteiger charge is -2.35. The molecule has 1 aromatic heterocycles. The van der Waals surface area contributed by atoms with Crippen LogP contribution < -0.4 is 16.1 Å². The molecule has 6 nitrogen and oxygen atoms in total. The van der Waals surface area contributed by atoms with Crippen LogP contribution in [0.1, 0.15) is 49.3 Å². The van der Waals surface area contributed by atoms with Crippen molar-refractivity contribution in [2.24, 2.45) is 11.8 Å². The highest BCUT2D eigenvalue weighted by Crippen LogP contribution is 2.48. The van der Waals surface area contributed by atoms with E-state index in [0.717, 1.165) is 0 Å². The maximum absolute atomic E-state index is 15.5. The number of aromatic amines is 1. The van der Waals surface area contributed by atoms with Crippen molar-refractivity contribution in [3.63, 3.8) is 0 Å². The number of nitrogens with zero attached hydrogens (tertiary/aromatic N) is 2. The van der Waals surface area contributed by atoms with E-state index < -0.39 is 58.8 Å². The first-order valence-electron chi connectivity index (χ1n) is 10.6. The van der Waals surface area contributed by atoms with Gasteiger partial charge in [-0.25, -0.2) is 26.7 Å². The molecule has 2 aromatic rings. The molecule has 3 atom stereocenters. The minimum absolute atomic E-state index is 0.0475. The molecule has 0 spiro atoms. The first kappa shape index (κ1) is 21.4. The van der Waals surface area contributed by atoms with E-state index >= 15 is 4.39 Å². The average molecular weight is 459 g/mol. The number of anilines is 1. The van der Waals surface area contributed by atoms with Gasteiger partial charge in [-0.3, -0.25) is 14.3 Å². The molecule has 5 rings (SSSR count). The Bertz CT molecular complexity index is 1220. The number of fused-ring (bicyclic) bond motifs is 2. The molecule has 32 heavy (non-hydrogen) atoms. The predicted octanol–water partition coefficient (Wildman–Crippen LogP) is 3.25. The fourth-order valence-corrected chi connectivity index (χ4v) is 5.52. The van der Waals surface area contributed by atoms with Gasteiger partial charge in [0.1, 0.15) is 6.10 Å². The van der Waals surface area contributed by atoms with Crippen LogP contribution in [0.4, 0.5) is 27.6 Å². The van der Waals surface area contributed by atoms with Crippen LogP contribution in [0.2, 0.25) is 0 Å². The Balaban J connectivity index is 1.74. The zero-order valence-corrected chi connectivity index (χ0v) is 17.2. The van der Waals surface area contributed by atoms with Crippen LogP contribution in [0.5, 0.6) is 0 Å². The van der Waals surface area contributed by atoms with Crippen LogP contribution in [-0.4, -0.2) is 39.8 Å². The van der Waals surface area contributed by atoms with E-state index in [0.29, 0.717) is 12.8 Å². The highest BCUT2D eigenvalue weighted by Gasteiger charge is 2.53. The SMILES string of the molecule is Cc1c(N2CC3CCC(F)(F)C(O)C3C2)c(F)c(C(F)F)c2c(=O)[nH]c(=O)n(C3CC3)c12. The van der Waals surface area contributed by atoms with Gasteiger partial charge in [0.05, 0.1) is 22.2 Å². The molecule has 1 aromatic carbocycles. The zero-order valence-electron chi connectivity index (χ0n) is 17.2. The summed E-state index contributed by atoms with van der Waals surface area (Å²) in [7, 11) is 0. The number of aliphatic hydroxyl groups is 1. The highest BCUT2D eigenvalue weighted by molar-refractivity contribution is 5.90. The summed E-state index contributed by atoms with van der Waals surface area (Å²) in [5.41, 5.74) is -3.08. The zero-order chi connectivity index (χ0) is 23.1. The van der Waals surface area contributed by atoms with Crippen LogP contribution in [0.3, 0.4) is 0 Å². The van der Waals surface area contributed by atoms with Gasteiger partial charge in [0.15, 0.2) is 5.82 Å². The number of nitrogens with one attached hydrogen (secondary N) is 1. The molecule has 0 radical (unpaired) electrons.